The van der Waals surface area contributed by atoms with Crippen LogP contribution in [0.2, 0.25) is 20.1 Å². The molecule has 510 valence electrons. The highest BCUT2D eigenvalue weighted by molar-refractivity contribution is 6.38. The summed E-state index contributed by atoms with van der Waals surface area (Å²) in [6, 6.07) is 13.0. The lowest BCUT2D eigenvalue weighted by molar-refractivity contribution is -0.149. The third kappa shape index (κ3) is 17.2. The summed E-state index contributed by atoms with van der Waals surface area (Å²) in [5.74, 6) is -10.1. The number of benzene rings is 6. The number of aliphatic hydroxyl groups excluding tert-OH is 2. The second kappa shape index (κ2) is 31.1. The molecule has 4 aliphatic rings. The maximum absolute atomic E-state index is 15.8. The number of hydrogen-bond donors (Lipinski definition) is 9. The summed E-state index contributed by atoms with van der Waals surface area (Å²) in [5.41, 5.74) is -0.732. The molecule has 4 aliphatic heterocycles. The topological polar surface area (TPSA) is 337 Å². The lowest BCUT2D eigenvalue weighted by Crippen LogP contribution is -2.59. The van der Waals surface area contributed by atoms with E-state index in [0.29, 0.717) is 28.4 Å². The van der Waals surface area contributed by atoms with E-state index in [1.807, 2.05) is 0 Å². The van der Waals surface area contributed by atoms with Crippen molar-refractivity contribution in [2.45, 2.75) is 108 Å². The molecule has 0 radical (unpaired) electrons. The maximum atomic E-state index is 15.8. The molecule has 0 aromatic heterocycles. The number of amides is 7. The number of carbonyl (C=O) groups is 8. The predicted molar refractivity (Wildman–Crippen MR) is 351 cm³/mol. The quantitative estimate of drug-likeness (QED) is 0.0433. The highest BCUT2D eigenvalue weighted by atomic mass is 35.5. The number of hydrogen-bond acceptors (Lipinski definition) is 18. The van der Waals surface area contributed by atoms with Gasteiger partial charge in [-0.25, -0.2) is 9.59 Å². The lowest BCUT2D eigenvalue weighted by atomic mass is 9.97. The summed E-state index contributed by atoms with van der Waals surface area (Å²) >= 11 is 27.6. The Bertz CT molecular complexity index is 3820. The summed E-state index contributed by atoms with van der Waals surface area (Å²) in [5, 5.41) is 50.8. The zero-order chi connectivity index (χ0) is 70.2. The van der Waals surface area contributed by atoms with Gasteiger partial charge in [-0.1, -0.05) is 96.6 Å². The average molecular weight is 1400 g/mol. The van der Waals surface area contributed by atoms with Crippen LogP contribution in [0, 0.1) is 5.92 Å². The van der Waals surface area contributed by atoms with E-state index in [2.05, 4.69) is 31.9 Å². The van der Waals surface area contributed by atoms with Crippen LogP contribution in [0.1, 0.15) is 111 Å². The van der Waals surface area contributed by atoms with Crippen LogP contribution in [0.4, 0.5) is 4.79 Å². The van der Waals surface area contributed by atoms with Crippen LogP contribution < -0.4 is 55.6 Å². The Kier molecular flexibility index (Phi) is 23.5. The van der Waals surface area contributed by atoms with Crippen LogP contribution in [-0.4, -0.2) is 133 Å². The predicted octanol–water partition coefficient (Wildman–Crippen LogP) is 8.93. The van der Waals surface area contributed by atoms with Crippen molar-refractivity contribution in [1.29, 1.82) is 0 Å². The van der Waals surface area contributed by atoms with Crippen molar-refractivity contribution >= 4 is 93.9 Å². The van der Waals surface area contributed by atoms with Crippen LogP contribution in [0.3, 0.4) is 0 Å². The molecule has 0 fully saturated rings. The van der Waals surface area contributed by atoms with Gasteiger partial charge in [-0.05, 0) is 139 Å². The van der Waals surface area contributed by atoms with Crippen molar-refractivity contribution in [3.63, 3.8) is 0 Å². The minimum Gasteiger partial charge on any atom is -0.502 e. The Morgan fingerprint density at radius 3 is 1.51 bits per heavy atom. The fraction of sp³-hybridized carbons (Fsp3) is 0.343. The number of ether oxygens (including phenoxy) is 7. The molecule has 6 aromatic carbocycles. The summed E-state index contributed by atoms with van der Waals surface area (Å²) in [6.07, 6.45) is -6.06. The Morgan fingerprint density at radius 1 is 0.604 bits per heavy atom. The number of aliphatic hydroxyl groups is 2. The Hall–Kier alpha value is -9.24. The molecule has 0 spiro atoms. The number of methoxy groups -OCH3 is 4. The second-order valence-electron chi connectivity index (χ2n) is 23.8. The molecule has 0 saturated carbocycles. The number of nitrogens with one attached hydrogen (secondary N) is 6. The molecule has 8 atom stereocenters. The van der Waals surface area contributed by atoms with Gasteiger partial charge in [0.1, 0.15) is 65.3 Å². The minimum absolute atomic E-state index is 0.0190. The zero-order valence-electron chi connectivity index (χ0n) is 53.5. The largest absolute Gasteiger partial charge is 0.502 e. The minimum atomic E-state index is -2.17. The van der Waals surface area contributed by atoms with E-state index in [1.165, 1.54) is 52.6 Å². The molecule has 1 unspecified atom stereocenters. The Balaban J connectivity index is 1.35. The first-order valence-electron chi connectivity index (χ1n) is 29.8. The number of phenolic OH excluding ortho intramolecular Hbond substituents is 1. The number of nitrogens with zero attached hydrogens (tertiary/aromatic N) is 1. The van der Waals surface area contributed by atoms with Gasteiger partial charge in [0, 0.05) is 7.05 Å². The first-order chi connectivity index (χ1) is 45.4. The van der Waals surface area contributed by atoms with Crippen molar-refractivity contribution in [2.24, 2.45) is 5.92 Å². The molecule has 25 nitrogen and oxygen atoms in total. The monoisotopic (exact) mass is 1400 g/mol. The van der Waals surface area contributed by atoms with Gasteiger partial charge in [0.2, 0.25) is 41.2 Å². The van der Waals surface area contributed by atoms with Gasteiger partial charge < -0.3 is 80.4 Å². The molecule has 10 rings (SSSR count). The van der Waals surface area contributed by atoms with Gasteiger partial charge in [-0.2, -0.15) is 0 Å². The van der Waals surface area contributed by atoms with Crippen LogP contribution in [0.25, 0.3) is 0 Å². The SMILES string of the molecule is COC(=O)[C@H]1NC(=O)[C@@H](c2ccc(OC)cc2)NC(=O)C2NC(=O)[C@H](CC(=O)NC(c3ccc(OC)cc3)c3ccc(OC)cc3)NC(=O)[C@H](NC(=O)[C@@H](CC(C)C)N(C)C(=O)OC(C)(C)C)[C@H](O)c3cc(Cl)c(c(Cl)c3)Oc3cc2cc(c3O)Oc2c(Cl)cc(cc2Cl)[C@H]1O. The normalized spacial score (nSPS) is 19.3. The second-order valence-corrected chi connectivity index (χ2v) is 25.4. The van der Waals surface area contributed by atoms with E-state index in [4.69, 9.17) is 79.6 Å². The molecular formula is C67H71Cl4N7O18. The van der Waals surface area contributed by atoms with Crippen molar-refractivity contribution in [3.05, 3.63) is 163 Å². The Morgan fingerprint density at radius 2 is 1.05 bits per heavy atom. The van der Waals surface area contributed by atoms with Crippen molar-refractivity contribution in [3.8, 4) is 46.0 Å². The van der Waals surface area contributed by atoms with Crippen LogP contribution >= 0.6 is 46.4 Å². The molecule has 7 amide bonds. The molecule has 0 aliphatic carbocycles. The molecular weight excluding hydrogens is 1330 g/mol. The van der Waals surface area contributed by atoms with Gasteiger partial charge in [0.15, 0.2) is 29.0 Å². The Labute approximate surface area is 572 Å². The molecule has 96 heavy (non-hydrogen) atoms. The highest BCUT2D eigenvalue weighted by Crippen LogP contribution is 2.49. The number of aromatic hydroxyl groups is 1. The van der Waals surface area contributed by atoms with E-state index in [-0.39, 0.29) is 44.6 Å². The summed E-state index contributed by atoms with van der Waals surface area (Å²) in [4.78, 5) is 120. The van der Waals surface area contributed by atoms with E-state index >= 15 is 19.2 Å². The number of carbonyl (C=O) groups excluding carboxylic acids is 8. The van der Waals surface area contributed by atoms with Gasteiger partial charge in [-0.15, -0.1) is 0 Å². The van der Waals surface area contributed by atoms with E-state index < -0.39 is 153 Å². The zero-order valence-corrected chi connectivity index (χ0v) is 56.5. The summed E-state index contributed by atoms with van der Waals surface area (Å²) < 4.78 is 39.3. The van der Waals surface area contributed by atoms with Gasteiger partial charge in [0.05, 0.1) is 61.0 Å². The van der Waals surface area contributed by atoms with E-state index in [0.717, 1.165) is 48.4 Å². The van der Waals surface area contributed by atoms with Gasteiger partial charge in [-0.3, -0.25) is 33.7 Å². The number of likely N-dealkylation sites (N-methyl/N-ethyl adjacent to an activating group) is 1. The number of rotatable bonds is 15. The smallest absolute Gasteiger partial charge is 0.410 e. The fourth-order valence-electron chi connectivity index (χ4n) is 10.4. The molecule has 9 N–H and O–H groups in total. The summed E-state index contributed by atoms with van der Waals surface area (Å²) in [6.45, 7) is 8.40. The van der Waals surface area contributed by atoms with Crippen molar-refractivity contribution in [1.82, 2.24) is 36.8 Å². The summed E-state index contributed by atoms with van der Waals surface area (Å²) in [7, 11) is 6.61. The molecule has 7 bridgehead atoms. The first kappa shape index (κ1) is 72.6. The molecule has 29 heteroatoms. The number of halogens is 4. The van der Waals surface area contributed by atoms with Gasteiger partial charge >= 0.3 is 12.1 Å². The number of fused-ring (bicyclic) bond motifs is 16. The van der Waals surface area contributed by atoms with Crippen LogP contribution in [0.5, 0.6) is 46.0 Å². The standard InChI is InChI=1S/C67H71Cl4N7O18/c1-31(2)23-46(78(6)66(89)96-67(3,4)5)61(84)76-53-55(80)36-24-41(68)58(42(69)25-36)94-47-28-35-29-48(57(47)82)95-59-43(70)26-37(27-44(59)71)56(81)54(65(88)93-10)77-62(85)51(34-15-21-40(92-9)22-16-34)75-63(86)52(35)74-60(83)45(72-64(53)87)30-49(79)73-50(32-11-17-38(90-7)18-12-32)33-13-19-39(91-8)20-14-33/h11-22,24-29,31,45-46,50-56,80-82H,23,30H2,1-10H3,(H,72,87)(H,73,79)(H,74,83)(H,75,86)(H,76,84)(H,77,85)/t45-,46+,51+,52?,53+,54-,55+,56+/m0/s1. The number of phenols is 1. The van der Waals surface area contributed by atoms with Crippen molar-refractivity contribution < 1.29 is 86.8 Å². The number of esters is 1. The molecule has 6 aromatic rings. The maximum Gasteiger partial charge on any atom is 0.410 e. The van der Waals surface area contributed by atoms with Crippen LogP contribution in [-0.2, 0) is 43.0 Å². The third-order valence-corrected chi connectivity index (χ3v) is 16.6. The fourth-order valence-corrected chi connectivity index (χ4v) is 11.6. The lowest BCUT2D eigenvalue weighted by Gasteiger charge is -2.33. The third-order valence-electron chi connectivity index (χ3n) is 15.4. The van der Waals surface area contributed by atoms with E-state index in [1.54, 1.807) is 83.1 Å². The molecule has 0 saturated heterocycles. The van der Waals surface area contributed by atoms with Crippen LogP contribution in [0.15, 0.2) is 109 Å². The van der Waals surface area contributed by atoms with E-state index in [9.17, 15) is 34.5 Å². The first-order valence-corrected chi connectivity index (χ1v) is 31.3. The van der Waals surface area contributed by atoms with Gasteiger partial charge in [0.25, 0.3) is 0 Å². The van der Waals surface area contributed by atoms with Crippen molar-refractivity contribution in [2.75, 3.05) is 35.5 Å². The average Bonchev–Trinajstić information content (AvgIpc) is 0.783. The molecule has 4 heterocycles. The highest BCUT2D eigenvalue weighted by Gasteiger charge is 2.42.